The van der Waals surface area contributed by atoms with E-state index in [0.29, 0.717) is 0 Å². The molecule has 0 radical (unpaired) electrons. The molecule has 0 saturated carbocycles. The van der Waals surface area contributed by atoms with Gasteiger partial charge in [-0.05, 0) is 18.9 Å². The highest BCUT2D eigenvalue weighted by molar-refractivity contribution is 7.90. The van der Waals surface area contributed by atoms with Gasteiger partial charge in [0.05, 0.1) is 11.8 Å². The van der Waals surface area contributed by atoms with Gasteiger partial charge in [0.25, 0.3) is 0 Å². The Balaban J connectivity index is 4.08. The number of nitrogens with two attached hydrogens (primary N) is 1. The lowest BCUT2D eigenvalue weighted by Crippen LogP contribution is -2.42. The number of hydrogen-bond acceptors (Lipinski definition) is 5. The summed E-state index contributed by atoms with van der Waals surface area (Å²) in [6.45, 7) is 1.45. The fourth-order valence-electron chi connectivity index (χ4n) is 0.667. The van der Waals surface area contributed by atoms with Crippen molar-refractivity contribution in [2.75, 3.05) is 12.3 Å². The molecule has 0 aromatic carbocycles. The molecule has 0 heterocycles. The van der Waals surface area contributed by atoms with E-state index in [1.54, 1.807) is 4.72 Å². The van der Waals surface area contributed by atoms with Gasteiger partial charge in [-0.15, -0.1) is 0 Å². The molecule has 0 fully saturated rings. The summed E-state index contributed by atoms with van der Waals surface area (Å²) in [6, 6.07) is -0.878. The van der Waals surface area contributed by atoms with Crippen molar-refractivity contribution in [3.8, 4) is 0 Å². The van der Waals surface area contributed by atoms with Gasteiger partial charge in [-0.25, -0.2) is 8.42 Å². The van der Waals surface area contributed by atoms with Crippen molar-refractivity contribution in [3.63, 3.8) is 0 Å². The van der Waals surface area contributed by atoms with Gasteiger partial charge < -0.3 is 5.73 Å². The van der Waals surface area contributed by atoms with Crippen LogP contribution in [0, 0.1) is 0 Å². The summed E-state index contributed by atoms with van der Waals surface area (Å²) < 4.78 is 24.2. The molecule has 0 aliphatic carbocycles. The van der Waals surface area contributed by atoms with E-state index in [1.807, 2.05) is 0 Å². The van der Waals surface area contributed by atoms with Crippen LogP contribution in [0.1, 0.15) is 13.3 Å². The number of azide groups is 1. The average Bonchev–Trinajstić information content (AvgIpc) is 2.11. The van der Waals surface area contributed by atoms with Crippen molar-refractivity contribution in [1.29, 1.82) is 0 Å². The van der Waals surface area contributed by atoms with E-state index in [4.69, 9.17) is 11.3 Å². The van der Waals surface area contributed by atoms with Crippen molar-refractivity contribution < 1.29 is 13.2 Å². The lowest BCUT2D eigenvalue weighted by molar-refractivity contribution is -0.120. The van der Waals surface area contributed by atoms with Crippen LogP contribution in [-0.4, -0.2) is 32.7 Å². The Labute approximate surface area is 87.5 Å². The predicted octanol–water partition coefficient (Wildman–Crippen LogP) is -0.520. The van der Waals surface area contributed by atoms with Crippen LogP contribution in [0.25, 0.3) is 10.4 Å². The largest absolute Gasteiger partial charge is 0.320 e. The molecule has 15 heavy (non-hydrogen) atoms. The Bertz CT molecular complexity index is 357. The van der Waals surface area contributed by atoms with Crippen molar-refractivity contribution in [2.24, 2.45) is 10.8 Å². The molecule has 0 aromatic heterocycles. The zero-order valence-electron chi connectivity index (χ0n) is 8.25. The van der Waals surface area contributed by atoms with Crippen LogP contribution in [0.5, 0.6) is 0 Å². The van der Waals surface area contributed by atoms with Crippen molar-refractivity contribution in [1.82, 2.24) is 4.72 Å². The van der Waals surface area contributed by atoms with E-state index in [1.165, 1.54) is 6.92 Å². The molecule has 1 amide bonds. The van der Waals surface area contributed by atoms with Crippen LogP contribution >= 0.6 is 0 Å². The highest BCUT2D eigenvalue weighted by Crippen LogP contribution is 1.91. The maximum Gasteiger partial charge on any atom is 0.250 e. The fraction of sp³-hybridized carbons (Fsp3) is 0.833. The topological polar surface area (TPSA) is 138 Å². The summed E-state index contributed by atoms with van der Waals surface area (Å²) in [5.74, 6) is -1.02. The maximum absolute atomic E-state index is 11.2. The molecule has 0 unspecified atom stereocenters. The third-order valence-corrected chi connectivity index (χ3v) is 2.74. The number of carbonyl (C=O) groups excluding carboxylic acids is 1. The highest BCUT2D eigenvalue weighted by Gasteiger charge is 2.16. The lowest BCUT2D eigenvalue weighted by Gasteiger charge is -2.07. The molecule has 0 aliphatic rings. The second kappa shape index (κ2) is 6.23. The normalized spacial score (nSPS) is 12.7. The second-order valence-electron chi connectivity index (χ2n) is 2.88. The van der Waals surface area contributed by atoms with E-state index in [2.05, 4.69) is 10.0 Å². The zero-order chi connectivity index (χ0) is 11.9. The first kappa shape index (κ1) is 13.7. The molecule has 3 N–H and O–H groups in total. The minimum Gasteiger partial charge on any atom is -0.320 e. The van der Waals surface area contributed by atoms with Gasteiger partial charge in [0.2, 0.25) is 15.9 Å². The number of nitrogens with one attached hydrogen (secondary N) is 1. The minimum atomic E-state index is -3.67. The van der Waals surface area contributed by atoms with E-state index in [0.717, 1.165) is 0 Å². The summed E-state index contributed by atoms with van der Waals surface area (Å²) in [5, 5.41) is 3.17. The number of sulfonamides is 1. The Hall–Kier alpha value is -1.31. The molecule has 8 nitrogen and oxygen atoms in total. The van der Waals surface area contributed by atoms with Gasteiger partial charge in [-0.2, -0.15) is 0 Å². The van der Waals surface area contributed by atoms with E-state index < -0.39 is 22.0 Å². The molecule has 0 spiro atoms. The Morgan fingerprint density at radius 2 is 2.27 bits per heavy atom. The molecule has 0 rings (SSSR count). The average molecular weight is 235 g/mol. The quantitative estimate of drug-likeness (QED) is 0.277. The van der Waals surface area contributed by atoms with Gasteiger partial charge in [-0.1, -0.05) is 5.11 Å². The van der Waals surface area contributed by atoms with Gasteiger partial charge in [0.1, 0.15) is 0 Å². The molecule has 9 heteroatoms. The monoisotopic (exact) mass is 235 g/mol. The fourth-order valence-corrected chi connectivity index (χ4v) is 1.77. The Morgan fingerprint density at radius 3 is 2.73 bits per heavy atom. The van der Waals surface area contributed by atoms with Gasteiger partial charge in [0, 0.05) is 11.5 Å². The third kappa shape index (κ3) is 6.72. The molecule has 1 atom stereocenters. The maximum atomic E-state index is 11.2. The van der Waals surface area contributed by atoms with E-state index in [9.17, 15) is 13.2 Å². The third-order valence-electron chi connectivity index (χ3n) is 1.40. The molecule has 0 aromatic rings. The number of amides is 1. The van der Waals surface area contributed by atoms with Crippen LogP contribution < -0.4 is 10.5 Å². The van der Waals surface area contributed by atoms with Crippen molar-refractivity contribution >= 4 is 15.9 Å². The van der Waals surface area contributed by atoms with Crippen LogP contribution in [0.4, 0.5) is 0 Å². The van der Waals surface area contributed by atoms with Crippen molar-refractivity contribution in [2.45, 2.75) is 19.4 Å². The first-order chi connectivity index (χ1) is 6.89. The Morgan fingerprint density at radius 1 is 1.67 bits per heavy atom. The van der Waals surface area contributed by atoms with Crippen LogP contribution in [0.2, 0.25) is 0 Å². The van der Waals surface area contributed by atoms with E-state index in [-0.39, 0.29) is 18.7 Å². The van der Waals surface area contributed by atoms with Gasteiger partial charge in [-0.3, -0.25) is 9.52 Å². The van der Waals surface area contributed by atoms with Crippen LogP contribution in [0.3, 0.4) is 0 Å². The molecular formula is C6H13N5O3S. The summed E-state index contributed by atoms with van der Waals surface area (Å²) >= 11 is 0. The molecule has 0 aliphatic heterocycles. The molecule has 0 saturated heterocycles. The Kier molecular flexibility index (Phi) is 5.68. The van der Waals surface area contributed by atoms with E-state index >= 15 is 0 Å². The SMILES string of the molecule is C[C@H](N)C(=O)NS(=O)(=O)CCCN=[N+]=[N-]. The number of nitrogens with zero attached hydrogens (tertiary/aromatic N) is 3. The summed E-state index contributed by atoms with van der Waals surface area (Å²) in [6.07, 6.45) is 0.158. The first-order valence-corrected chi connectivity index (χ1v) is 5.85. The first-order valence-electron chi connectivity index (χ1n) is 4.20. The number of hydrogen-bond donors (Lipinski definition) is 2. The molecular weight excluding hydrogens is 222 g/mol. The van der Waals surface area contributed by atoms with Crippen LogP contribution in [0.15, 0.2) is 5.11 Å². The van der Waals surface area contributed by atoms with Crippen LogP contribution in [-0.2, 0) is 14.8 Å². The molecule has 0 bridgehead atoms. The predicted molar refractivity (Wildman–Crippen MR) is 54.2 cm³/mol. The van der Waals surface area contributed by atoms with Crippen molar-refractivity contribution in [3.05, 3.63) is 10.4 Å². The summed E-state index contributed by atoms with van der Waals surface area (Å²) in [7, 11) is -3.67. The molecule has 86 valence electrons. The summed E-state index contributed by atoms with van der Waals surface area (Å²) in [4.78, 5) is 13.4. The number of rotatable bonds is 6. The van der Waals surface area contributed by atoms with Gasteiger partial charge in [0.15, 0.2) is 0 Å². The minimum absolute atomic E-state index is 0.0732. The number of carbonyl (C=O) groups is 1. The van der Waals surface area contributed by atoms with Gasteiger partial charge >= 0.3 is 0 Å². The standard InChI is InChI=1S/C6H13N5O3S/c1-5(7)6(12)10-15(13,14)4-2-3-9-11-8/h5H,2-4,7H2,1H3,(H,10,12)/t5-/m0/s1. The summed E-state index contributed by atoms with van der Waals surface area (Å²) in [5.41, 5.74) is 13.1. The zero-order valence-corrected chi connectivity index (χ0v) is 9.07. The highest BCUT2D eigenvalue weighted by atomic mass is 32.2. The smallest absolute Gasteiger partial charge is 0.250 e. The lowest BCUT2D eigenvalue weighted by atomic mass is 10.4. The second-order valence-corrected chi connectivity index (χ2v) is 4.72.